The molecule has 68 heavy (non-hydrogen) atoms. The van der Waals surface area contributed by atoms with E-state index in [0.29, 0.717) is 35.7 Å². The lowest BCUT2D eigenvalue weighted by Gasteiger charge is -2.25. The molecule has 3 unspecified atom stereocenters. The Balaban J connectivity index is 0.000000296. The van der Waals surface area contributed by atoms with Crippen LogP contribution in [0, 0.1) is 11.8 Å². The summed E-state index contributed by atoms with van der Waals surface area (Å²) in [5, 5.41) is 30.1. The zero-order valence-electron chi connectivity index (χ0n) is 37.9. The van der Waals surface area contributed by atoms with Crippen LogP contribution in [-0.2, 0) is 19.2 Å². The van der Waals surface area contributed by atoms with Crippen molar-refractivity contribution in [2.75, 3.05) is 0 Å². The molecule has 15 heteroatoms. The van der Waals surface area contributed by atoms with Crippen LogP contribution >= 0.6 is 0 Å². The quantitative estimate of drug-likeness (QED) is 0.0511. The highest BCUT2D eigenvalue weighted by atomic mass is 16.5. The zero-order valence-corrected chi connectivity index (χ0v) is 37.9. The molecular formula is C53H62N4O11. The molecular weight excluding hydrogens is 869 g/mol. The molecule has 4 aromatic carbocycles. The zero-order chi connectivity index (χ0) is 48.9. The van der Waals surface area contributed by atoms with E-state index in [4.69, 9.17) is 25.4 Å². The van der Waals surface area contributed by atoms with Crippen molar-refractivity contribution in [3.8, 4) is 23.0 Å². The summed E-state index contributed by atoms with van der Waals surface area (Å²) < 4.78 is 14.2. The Kier molecular flexibility index (Phi) is 22.2. The number of pyridine rings is 2. The van der Waals surface area contributed by atoms with Gasteiger partial charge in [-0.1, -0.05) is 108 Å². The van der Waals surface area contributed by atoms with Gasteiger partial charge in [-0.2, -0.15) is 0 Å². The van der Waals surface area contributed by atoms with Crippen LogP contribution < -0.4 is 31.6 Å². The first-order valence-corrected chi connectivity index (χ1v) is 21.7. The first kappa shape index (κ1) is 54.6. The minimum atomic E-state index is -1.05. The van der Waals surface area contributed by atoms with Crippen LogP contribution in [0.4, 0.5) is 0 Å². The predicted octanol–water partition coefficient (Wildman–Crippen LogP) is 9.67. The van der Waals surface area contributed by atoms with E-state index in [-0.39, 0.29) is 43.2 Å². The van der Waals surface area contributed by atoms with Gasteiger partial charge in [-0.25, -0.2) is 4.79 Å². The van der Waals surface area contributed by atoms with Crippen molar-refractivity contribution in [3.05, 3.63) is 190 Å². The molecule has 2 aromatic heterocycles. The number of carbonyl (C=O) groups excluding carboxylic acids is 1. The second-order valence-electron chi connectivity index (χ2n) is 16.4. The van der Waals surface area contributed by atoms with Gasteiger partial charge in [0.15, 0.2) is 0 Å². The Morgan fingerprint density at radius 2 is 0.956 bits per heavy atom. The lowest BCUT2D eigenvalue weighted by Crippen LogP contribution is -2.39. The SMILES string of the molecule is C.CC(C)CC(C(=O)NC(CC(=O)O)c1cccc(Oc2ccccc2)c1)n1ccccc1=O.CC(C)C[C@@H](C(=O)O)n1ccccc1=O.NC(CC(=O)O)c1cccc(Oc2ccccc2)c1. The largest absolute Gasteiger partial charge is 0.481 e. The molecule has 0 radical (unpaired) electrons. The molecule has 0 fully saturated rings. The number of benzene rings is 4. The summed E-state index contributed by atoms with van der Waals surface area (Å²) in [6.45, 7) is 7.80. The van der Waals surface area contributed by atoms with Gasteiger partial charge in [-0.15, -0.1) is 0 Å². The van der Waals surface area contributed by atoms with E-state index in [1.165, 1.54) is 27.5 Å². The average Bonchev–Trinajstić information content (AvgIpc) is 3.28. The van der Waals surface area contributed by atoms with Gasteiger partial charge in [-0.05, 0) is 96.5 Å². The minimum absolute atomic E-state index is 0. The van der Waals surface area contributed by atoms with Crippen LogP contribution in [0.5, 0.6) is 23.0 Å². The fourth-order valence-corrected chi connectivity index (χ4v) is 6.82. The second-order valence-corrected chi connectivity index (χ2v) is 16.4. The van der Waals surface area contributed by atoms with Crippen LogP contribution in [0.2, 0.25) is 0 Å². The van der Waals surface area contributed by atoms with Crippen molar-refractivity contribution in [1.82, 2.24) is 14.5 Å². The van der Waals surface area contributed by atoms with Gasteiger partial charge in [0.05, 0.1) is 18.9 Å². The van der Waals surface area contributed by atoms with Crippen molar-refractivity contribution >= 4 is 23.8 Å². The molecule has 6 N–H and O–H groups in total. The highest BCUT2D eigenvalue weighted by Crippen LogP contribution is 2.28. The highest BCUT2D eigenvalue weighted by molar-refractivity contribution is 5.81. The van der Waals surface area contributed by atoms with E-state index < -0.39 is 48.0 Å². The van der Waals surface area contributed by atoms with Crippen molar-refractivity contribution in [3.63, 3.8) is 0 Å². The topological polar surface area (TPSA) is 229 Å². The van der Waals surface area contributed by atoms with E-state index in [1.54, 1.807) is 72.9 Å². The molecule has 4 atom stereocenters. The molecule has 0 aliphatic rings. The van der Waals surface area contributed by atoms with Crippen molar-refractivity contribution in [2.45, 2.75) is 85.0 Å². The molecule has 0 aliphatic heterocycles. The molecule has 1 amide bonds. The number of hydrogen-bond donors (Lipinski definition) is 5. The van der Waals surface area contributed by atoms with Crippen LogP contribution in [0.25, 0.3) is 0 Å². The molecule has 0 aliphatic carbocycles. The maximum absolute atomic E-state index is 13.3. The van der Waals surface area contributed by atoms with E-state index in [0.717, 1.165) is 11.3 Å². The standard InChI is InChI=1S/C26H28N2O5.C15H15NO3.C11H15NO3.CH4/c1-18(2)15-23(28-14-7-6-13-24(28)29)26(32)27-22(17-25(30)31)19-9-8-12-21(16-19)33-20-10-4-3-5-11-20;16-14(10-15(17)18)11-5-4-8-13(9-11)19-12-6-2-1-3-7-12;1-8(2)7-9(11(14)15)12-6-4-3-5-10(12)13;/h3-14,16,18,22-23H,15,17H2,1-2H3,(H,27,32)(H,30,31);1-9,14H,10,16H2,(H,17,18);3-6,8-9H,7H2,1-2H3,(H,14,15);1H4/t;;9-;/m..0./s1. The molecule has 6 aromatic rings. The molecule has 0 bridgehead atoms. The lowest BCUT2D eigenvalue weighted by molar-refractivity contribution is -0.142. The molecule has 0 spiro atoms. The van der Waals surface area contributed by atoms with Crippen LogP contribution in [0.15, 0.2) is 168 Å². The van der Waals surface area contributed by atoms with Gasteiger partial charge in [0.25, 0.3) is 11.1 Å². The second kappa shape index (κ2) is 27.6. The fourth-order valence-electron chi connectivity index (χ4n) is 6.82. The first-order chi connectivity index (χ1) is 32.0. The third-order valence-electron chi connectivity index (χ3n) is 9.95. The molecule has 6 rings (SSSR count). The summed E-state index contributed by atoms with van der Waals surface area (Å²) in [6.07, 6.45) is 3.58. The maximum Gasteiger partial charge on any atom is 0.326 e. The number of amides is 1. The molecule has 2 heterocycles. The number of carboxylic acid groups (broad SMARTS) is 3. The van der Waals surface area contributed by atoms with Crippen molar-refractivity contribution in [1.29, 1.82) is 0 Å². The summed E-state index contributed by atoms with van der Waals surface area (Å²) >= 11 is 0. The number of nitrogens with two attached hydrogens (primary N) is 1. The van der Waals surface area contributed by atoms with Crippen molar-refractivity contribution < 1.29 is 44.0 Å². The summed E-state index contributed by atoms with van der Waals surface area (Å²) in [6, 6.07) is 39.3. The number of para-hydroxylation sites is 2. The monoisotopic (exact) mass is 930 g/mol. The highest BCUT2D eigenvalue weighted by Gasteiger charge is 2.27. The number of nitrogens with one attached hydrogen (secondary N) is 1. The number of hydrogen-bond acceptors (Lipinski definition) is 9. The van der Waals surface area contributed by atoms with Crippen LogP contribution in [0.3, 0.4) is 0 Å². The minimum Gasteiger partial charge on any atom is -0.481 e. The van der Waals surface area contributed by atoms with Gasteiger partial charge in [0, 0.05) is 30.6 Å². The predicted molar refractivity (Wildman–Crippen MR) is 261 cm³/mol. The number of ether oxygens (including phenoxy) is 2. The Labute approximate surface area is 396 Å². The lowest BCUT2D eigenvalue weighted by atomic mass is 9.99. The smallest absolute Gasteiger partial charge is 0.326 e. The van der Waals surface area contributed by atoms with Gasteiger partial charge in [-0.3, -0.25) is 24.0 Å². The Hall–Kier alpha value is -7.78. The molecule has 360 valence electrons. The maximum atomic E-state index is 13.3. The van der Waals surface area contributed by atoms with Crippen molar-refractivity contribution in [2.24, 2.45) is 17.6 Å². The van der Waals surface area contributed by atoms with E-state index >= 15 is 0 Å². The third-order valence-corrected chi connectivity index (χ3v) is 9.95. The normalized spacial score (nSPS) is 12.3. The molecule has 0 saturated carbocycles. The fraction of sp³-hybridized carbons (Fsp3) is 0.283. The van der Waals surface area contributed by atoms with E-state index in [9.17, 15) is 33.9 Å². The van der Waals surface area contributed by atoms with Gasteiger partial charge in [0.1, 0.15) is 35.1 Å². The summed E-state index contributed by atoms with van der Waals surface area (Å²) in [5.74, 6) is -0.402. The first-order valence-electron chi connectivity index (χ1n) is 21.7. The summed E-state index contributed by atoms with van der Waals surface area (Å²) in [5.41, 5.74) is 6.61. The van der Waals surface area contributed by atoms with E-state index in [1.807, 2.05) is 94.4 Å². The number of nitrogens with zero attached hydrogens (tertiary/aromatic N) is 2. The van der Waals surface area contributed by atoms with Gasteiger partial charge < -0.3 is 45.0 Å². The van der Waals surface area contributed by atoms with Gasteiger partial charge >= 0.3 is 17.9 Å². The van der Waals surface area contributed by atoms with Crippen LogP contribution in [0.1, 0.15) is 96.1 Å². The third kappa shape index (κ3) is 18.2. The van der Waals surface area contributed by atoms with Crippen LogP contribution in [-0.4, -0.2) is 48.3 Å². The number of aromatic nitrogens is 2. The number of carbonyl (C=O) groups is 4. The molecule has 0 saturated heterocycles. The summed E-state index contributed by atoms with van der Waals surface area (Å²) in [4.78, 5) is 70.3. The Morgan fingerprint density at radius 1 is 0.544 bits per heavy atom. The number of aliphatic carboxylic acids is 3. The Morgan fingerprint density at radius 3 is 1.40 bits per heavy atom. The molecule has 15 nitrogen and oxygen atoms in total. The van der Waals surface area contributed by atoms with Gasteiger partial charge in [0.2, 0.25) is 5.91 Å². The number of rotatable bonds is 19. The number of carboxylic acids is 3. The Bertz CT molecular complexity index is 2630. The van der Waals surface area contributed by atoms with E-state index in [2.05, 4.69) is 5.32 Å². The summed E-state index contributed by atoms with van der Waals surface area (Å²) in [7, 11) is 0. The average molecular weight is 931 g/mol.